The van der Waals surface area contributed by atoms with E-state index in [0.29, 0.717) is 37.8 Å². The summed E-state index contributed by atoms with van der Waals surface area (Å²) in [5, 5.41) is 9.51. The van der Waals surface area contributed by atoms with E-state index in [2.05, 4.69) is 27.9 Å². The third-order valence-electron chi connectivity index (χ3n) is 4.81. The molecule has 1 amide bonds. The molecule has 7 nitrogen and oxygen atoms in total. The maximum atomic E-state index is 12.1. The SMILES string of the molecule is CCCCNC(=O)c1ccc(CN=C(NCC)Nc2ccc3c(c2)OCCCO3)cc1.I. The van der Waals surface area contributed by atoms with Gasteiger partial charge in [0.25, 0.3) is 5.91 Å². The molecule has 3 N–H and O–H groups in total. The number of carbonyl (C=O) groups excluding carboxylic acids is 1. The van der Waals surface area contributed by atoms with E-state index in [1.165, 1.54) is 0 Å². The molecular weight excluding hydrogens is 519 g/mol. The summed E-state index contributed by atoms with van der Waals surface area (Å²) in [6.07, 6.45) is 2.93. The molecule has 0 unspecified atom stereocenters. The van der Waals surface area contributed by atoms with E-state index in [9.17, 15) is 4.79 Å². The Morgan fingerprint density at radius 1 is 1.00 bits per heavy atom. The van der Waals surface area contributed by atoms with Gasteiger partial charge in [0.05, 0.1) is 19.8 Å². The van der Waals surface area contributed by atoms with Crippen LogP contribution in [0.25, 0.3) is 0 Å². The lowest BCUT2D eigenvalue weighted by Gasteiger charge is -2.14. The number of aliphatic imine (C=N–C) groups is 1. The van der Waals surface area contributed by atoms with Crippen molar-refractivity contribution in [3.05, 3.63) is 53.6 Å². The lowest BCUT2D eigenvalue weighted by Crippen LogP contribution is -2.30. The van der Waals surface area contributed by atoms with Crippen molar-refractivity contribution < 1.29 is 14.3 Å². The third kappa shape index (κ3) is 7.89. The minimum Gasteiger partial charge on any atom is -0.490 e. The van der Waals surface area contributed by atoms with E-state index in [4.69, 9.17) is 9.47 Å². The fraction of sp³-hybridized carbons (Fsp3) is 0.417. The Kier molecular flexibility index (Phi) is 11.1. The highest BCUT2D eigenvalue weighted by atomic mass is 127. The molecule has 0 aromatic heterocycles. The van der Waals surface area contributed by atoms with Gasteiger partial charge in [-0.25, -0.2) is 4.99 Å². The molecule has 0 atom stereocenters. The van der Waals surface area contributed by atoms with Crippen molar-refractivity contribution in [3.8, 4) is 11.5 Å². The highest BCUT2D eigenvalue weighted by Crippen LogP contribution is 2.32. The molecule has 32 heavy (non-hydrogen) atoms. The maximum Gasteiger partial charge on any atom is 0.251 e. The number of halogens is 1. The van der Waals surface area contributed by atoms with E-state index in [-0.39, 0.29) is 29.9 Å². The van der Waals surface area contributed by atoms with E-state index >= 15 is 0 Å². The molecule has 0 aliphatic carbocycles. The minimum absolute atomic E-state index is 0. The number of hydrogen-bond acceptors (Lipinski definition) is 4. The molecule has 2 aromatic rings. The second-order valence-electron chi connectivity index (χ2n) is 7.34. The molecule has 0 radical (unpaired) electrons. The number of guanidine groups is 1. The molecular formula is C24H33IN4O3. The molecule has 0 saturated heterocycles. The van der Waals surface area contributed by atoms with Crippen LogP contribution in [-0.2, 0) is 6.54 Å². The number of carbonyl (C=O) groups is 1. The minimum atomic E-state index is -0.0343. The van der Waals surface area contributed by atoms with Gasteiger partial charge in [-0.2, -0.15) is 0 Å². The van der Waals surface area contributed by atoms with Gasteiger partial charge in [0.1, 0.15) is 0 Å². The van der Waals surface area contributed by atoms with E-state index in [1.54, 1.807) is 0 Å². The summed E-state index contributed by atoms with van der Waals surface area (Å²) in [4.78, 5) is 16.8. The van der Waals surface area contributed by atoms with Crippen molar-refractivity contribution >= 4 is 41.5 Å². The molecule has 0 fully saturated rings. The van der Waals surface area contributed by atoms with Crippen molar-refractivity contribution in [1.82, 2.24) is 10.6 Å². The fourth-order valence-corrected chi connectivity index (χ4v) is 3.10. The summed E-state index contributed by atoms with van der Waals surface area (Å²) in [5.41, 5.74) is 2.57. The van der Waals surface area contributed by atoms with Gasteiger partial charge in [-0.3, -0.25) is 4.79 Å². The number of rotatable bonds is 8. The van der Waals surface area contributed by atoms with Crippen LogP contribution in [0.4, 0.5) is 5.69 Å². The quantitative estimate of drug-likeness (QED) is 0.194. The van der Waals surface area contributed by atoms with Gasteiger partial charge < -0.3 is 25.4 Å². The molecule has 1 heterocycles. The van der Waals surface area contributed by atoms with Crippen LogP contribution in [0, 0.1) is 0 Å². The number of nitrogens with one attached hydrogen (secondary N) is 3. The van der Waals surface area contributed by atoms with Crippen LogP contribution >= 0.6 is 24.0 Å². The molecule has 3 rings (SSSR count). The normalized spacial score (nSPS) is 12.9. The molecule has 174 valence electrons. The number of nitrogens with zero attached hydrogens (tertiary/aromatic N) is 1. The Bertz CT molecular complexity index is 887. The van der Waals surface area contributed by atoms with Gasteiger partial charge >= 0.3 is 0 Å². The Hall–Kier alpha value is -2.49. The van der Waals surface area contributed by atoms with Crippen LogP contribution in [0.3, 0.4) is 0 Å². The Labute approximate surface area is 207 Å². The smallest absolute Gasteiger partial charge is 0.251 e. The zero-order valence-electron chi connectivity index (χ0n) is 18.8. The fourth-order valence-electron chi connectivity index (χ4n) is 3.10. The van der Waals surface area contributed by atoms with Gasteiger partial charge in [-0.15, -0.1) is 24.0 Å². The summed E-state index contributed by atoms with van der Waals surface area (Å²) < 4.78 is 11.5. The largest absolute Gasteiger partial charge is 0.490 e. The molecule has 1 aliphatic rings. The maximum absolute atomic E-state index is 12.1. The highest BCUT2D eigenvalue weighted by Gasteiger charge is 2.11. The van der Waals surface area contributed by atoms with Crippen LogP contribution in [0.5, 0.6) is 11.5 Å². The third-order valence-corrected chi connectivity index (χ3v) is 4.81. The van der Waals surface area contributed by atoms with Gasteiger partial charge in [0.2, 0.25) is 0 Å². The molecule has 0 bridgehead atoms. The summed E-state index contributed by atoms with van der Waals surface area (Å²) >= 11 is 0. The van der Waals surface area contributed by atoms with E-state index in [0.717, 1.165) is 48.6 Å². The van der Waals surface area contributed by atoms with Crippen LogP contribution in [0.1, 0.15) is 49.0 Å². The highest BCUT2D eigenvalue weighted by molar-refractivity contribution is 14.0. The monoisotopic (exact) mass is 552 g/mol. The van der Waals surface area contributed by atoms with E-state index in [1.807, 2.05) is 49.4 Å². The average molecular weight is 552 g/mol. The summed E-state index contributed by atoms with van der Waals surface area (Å²) in [7, 11) is 0. The number of ether oxygens (including phenoxy) is 2. The molecule has 8 heteroatoms. The number of fused-ring (bicyclic) bond motifs is 1. The van der Waals surface area contributed by atoms with Gasteiger partial charge in [-0.1, -0.05) is 25.5 Å². The van der Waals surface area contributed by atoms with Crippen molar-refractivity contribution in [1.29, 1.82) is 0 Å². The number of hydrogen-bond donors (Lipinski definition) is 3. The molecule has 0 saturated carbocycles. The van der Waals surface area contributed by atoms with Crippen LogP contribution in [0.2, 0.25) is 0 Å². The molecule has 1 aliphatic heterocycles. The second kappa shape index (κ2) is 13.8. The standard InChI is InChI=1S/C24H32N4O3.HI/c1-3-5-13-26-23(29)19-9-7-18(8-10-19)17-27-24(25-4-2)28-20-11-12-21-22(16-20)31-15-6-14-30-21;/h7-12,16H,3-6,13-15,17H2,1-2H3,(H,26,29)(H2,25,27,28);1H. The number of amides is 1. The van der Waals surface area contributed by atoms with Crippen molar-refractivity contribution in [2.45, 2.75) is 39.7 Å². The summed E-state index contributed by atoms with van der Waals surface area (Å²) in [5.74, 6) is 2.15. The Morgan fingerprint density at radius 2 is 1.75 bits per heavy atom. The average Bonchev–Trinajstić information content (AvgIpc) is 3.03. The van der Waals surface area contributed by atoms with Crippen LogP contribution in [0.15, 0.2) is 47.5 Å². The Balaban J connectivity index is 0.00000363. The van der Waals surface area contributed by atoms with Gasteiger partial charge in [-0.05, 0) is 43.2 Å². The van der Waals surface area contributed by atoms with Crippen molar-refractivity contribution in [2.24, 2.45) is 4.99 Å². The number of benzene rings is 2. The van der Waals surface area contributed by atoms with E-state index < -0.39 is 0 Å². The zero-order chi connectivity index (χ0) is 21.9. The van der Waals surface area contributed by atoms with Crippen molar-refractivity contribution in [2.75, 3.05) is 31.6 Å². The number of unbranched alkanes of at least 4 members (excludes halogenated alkanes) is 1. The lowest BCUT2D eigenvalue weighted by atomic mass is 10.1. The molecule has 2 aromatic carbocycles. The summed E-state index contributed by atoms with van der Waals surface area (Å²) in [6, 6.07) is 13.4. The van der Waals surface area contributed by atoms with Crippen molar-refractivity contribution in [3.63, 3.8) is 0 Å². The Morgan fingerprint density at radius 3 is 2.47 bits per heavy atom. The predicted molar refractivity (Wildman–Crippen MR) is 140 cm³/mol. The summed E-state index contributed by atoms with van der Waals surface area (Å²) in [6.45, 7) is 7.40. The van der Waals surface area contributed by atoms with Gasteiger partial charge in [0.15, 0.2) is 17.5 Å². The van der Waals surface area contributed by atoms with Crippen LogP contribution < -0.4 is 25.4 Å². The second-order valence-corrected chi connectivity index (χ2v) is 7.34. The lowest BCUT2D eigenvalue weighted by molar-refractivity contribution is 0.0953. The number of anilines is 1. The first-order valence-corrected chi connectivity index (χ1v) is 11.0. The zero-order valence-corrected chi connectivity index (χ0v) is 21.1. The first-order chi connectivity index (χ1) is 15.2. The molecule has 0 spiro atoms. The first-order valence-electron chi connectivity index (χ1n) is 11.0. The van der Waals surface area contributed by atoms with Crippen LogP contribution in [-0.4, -0.2) is 38.2 Å². The first kappa shape index (κ1) is 25.8. The predicted octanol–water partition coefficient (Wildman–Crippen LogP) is 4.57. The topological polar surface area (TPSA) is 84.0 Å². The van der Waals surface area contributed by atoms with Gasteiger partial charge in [0, 0.05) is 36.8 Å².